The number of anilines is 1. The average Bonchev–Trinajstić information content (AvgIpc) is 3.16. The Morgan fingerprint density at radius 1 is 1.17 bits per heavy atom. The van der Waals surface area contributed by atoms with Crippen LogP contribution >= 0.6 is 35.3 Å². The molecule has 1 aliphatic rings. The van der Waals surface area contributed by atoms with Gasteiger partial charge in [0.15, 0.2) is 5.96 Å². The number of amides is 1. The van der Waals surface area contributed by atoms with Crippen molar-refractivity contribution in [3.8, 4) is 0 Å². The van der Waals surface area contributed by atoms with Gasteiger partial charge in [0.1, 0.15) is 0 Å². The smallest absolute Gasteiger partial charge is 0.225 e. The first-order valence-electron chi connectivity index (χ1n) is 9.45. The van der Waals surface area contributed by atoms with E-state index in [9.17, 15) is 4.79 Å². The number of hydrogen-bond acceptors (Lipinski definition) is 6. The van der Waals surface area contributed by atoms with E-state index in [1.807, 2.05) is 4.90 Å². The summed E-state index contributed by atoms with van der Waals surface area (Å²) < 4.78 is 0. The van der Waals surface area contributed by atoms with Crippen molar-refractivity contribution in [2.24, 2.45) is 4.99 Å². The lowest BCUT2D eigenvalue weighted by molar-refractivity contribution is -0.131. The van der Waals surface area contributed by atoms with Gasteiger partial charge in [0.2, 0.25) is 11.9 Å². The summed E-state index contributed by atoms with van der Waals surface area (Å²) in [6.45, 7) is 6.29. The molecule has 0 atom stereocenters. The molecule has 0 aliphatic carbocycles. The molecule has 2 aromatic heterocycles. The summed E-state index contributed by atoms with van der Waals surface area (Å²) >= 11 is 1.77. The van der Waals surface area contributed by atoms with E-state index in [1.165, 1.54) is 9.75 Å². The van der Waals surface area contributed by atoms with E-state index in [2.05, 4.69) is 49.6 Å². The lowest BCUT2D eigenvalue weighted by Crippen LogP contribution is -2.50. The highest BCUT2D eigenvalue weighted by Gasteiger charge is 2.22. The van der Waals surface area contributed by atoms with Gasteiger partial charge >= 0.3 is 0 Å². The van der Waals surface area contributed by atoms with Crippen LogP contribution in [0.4, 0.5) is 5.95 Å². The molecule has 0 aromatic carbocycles. The number of aryl methyl sites for hydroxylation is 1. The molecule has 29 heavy (non-hydrogen) atoms. The maximum Gasteiger partial charge on any atom is 0.225 e. The molecule has 3 heterocycles. The van der Waals surface area contributed by atoms with Gasteiger partial charge in [-0.25, -0.2) is 9.97 Å². The number of aromatic nitrogens is 2. The highest BCUT2D eigenvalue weighted by Crippen LogP contribution is 2.14. The lowest BCUT2D eigenvalue weighted by Gasteiger charge is -2.34. The number of carbonyl (C=O) groups excluding carboxylic acids is 1. The number of hydrogen-bond donors (Lipinski definition) is 2. The fraction of sp³-hybridized carbons (Fsp3) is 0.474. The van der Waals surface area contributed by atoms with Crippen molar-refractivity contribution in [2.45, 2.75) is 19.9 Å². The van der Waals surface area contributed by atoms with Gasteiger partial charge in [0, 0.05) is 68.3 Å². The van der Waals surface area contributed by atoms with Crippen LogP contribution in [0.25, 0.3) is 0 Å². The van der Waals surface area contributed by atoms with Crippen molar-refractivity contribution in [3.05, 3.63) is 40.3 Å². The molecule has 10 heteroatoms. The monoisotopic (exact) mass is 529 g/mol. The Balaban J connectivity index is 0.00000300. The normalized spacial score (nSPS) is 14.3. The van der Waals surface area contributed by atoms with Crippen LogP contribution in [0.3, 0.4) is 0 Å². The van der Waals surface area contributed by atoms with Crippen LogP contribution < -0.4 is 15.5 Å². The average molecular weight is 529 g/mol. The van der Waals surface area contributed by atoms with E-state index in [0.717, 1.165) is 25.6 Å². The van der Waals surface area contributed by atoms with Crippen LogP contribution in [0, 0.1) is 6.92 Å². The molecule has 1 aliphatic heterocycles. The molecule has 3 rings (SSSR count). The number of halogens is 1. The van der Waals surface area contributed by atoms with Gasteiger partial charge < -0.3 is 20.4 Å². The van der Waals surface area contributed by atoms with Gasteiger partial charge in [-0.05, 0) is 25.1 Å². The molecule has 0 bridgehead atoms. The van der Waals surface area contributed by atoms with Crippen LogP contribution in [0.1, 0.15) is 16.2 Å². The van der Waals surface area contributed by atoms with Crippen LogP contribution in [0.5, 0.6) is 0 Å². The van der Waals surface area contributed by atoms with Crippen molar-refractivity contribution >= 4 is 53.1 Å². The molecule has 0 radical (unpaired) electrons. The van der Waals surface area contributed by atoms with Crippen molar-refractivity contribution in [1.82, 2.24) is 25.5 Å². The lowest BCUT2D eigenvalue weighted by atomic mass is 10.3. The van der Waals surface area contributed by atoms with E-state index < -0.39 is 0 Å². The van der Waals surface area contributed by atoms with Gasteiger partial charge in [0.05, 0.1) is 6.54 Å². The zero-order valence-electron chi connectivity index (χ0n) is 16.8. The van der Waals surface area contributed by atoms with Crippen molar-refractivity contribution in [3.63, 3.8) is 0 Å². The predicted octanol–water partition coefficient (Wildman–Crippen LogP) is 1.87. The predicted molar refractivity (Wildman–Crippen MR) is 128 cm³/mol. The molecule has 8 nitrogen and oxygen atoms in total. The first-order chi connectivity index (χ1) is 13.7. The fourth-order valence-corrected chi connectivity index (χ4v) is 3.86. The van der Waals surface area contributed by atoms with Gasteiger partial charge in [-0.2, -0.15) is 0 Å². The Morgan fingerprint density at radius 2 is 1.90 bits per heavy atom. The minimum Gasteiger partial charge on any atom is -0.356 e. The maximum absolute atomic E-state index is 12.5. The molecular weight excluding hydrogens is 501 g/mol. The molecule has 0 unspecified atom stereocenters. The summed E-state index contributed by atoms with van der Waals surface area (Å²) in [6, 6.07) is 6.03. The topological polar surface area (TPSA) is 85.8 Å². The fourth-order valence-electron chi connectivity index (χ4n) is 3.03. The quantitative estimate of drug-likeness (QED) is 0.338. The number of guanidine groups is 1. The number of rotatable bonds is 6. The van der Waals surface area contributed by atoms with Gasteiger partial charge in [-0.15, -0.1) is 35.3 Å². The number of aliphatic imine (C=N–C) groups is 1. The van der Waals surface area contributed by atoms with Crippen molar-refractivity contribution in [2.75, 3.05) is 44.7 Å². The Bertz CT molecular complexity index is 791. The summed E-state index contributed by atoms with van der Waals surface area (Å²) in [5.74, 6) is 1.60. The Morgan fingerprint density at radius 3 is 2.52 bits per heavy atom. The number of carbonyl (C=O) groups is 1. The van der Waals surface area contributed by atoms with E-state index in [4.69, 9.17) is 0 Å². The zero-order chi connectivity index (χ0) is 19.8. The Kier molecular flexibility index (Phi) is 9.58. The molecular formula is C19H28IN7OS. The first-order valence-corrected chi connectivity index (χ1v) is 10.3. The van der Waals surface area contributed by atoms with Crippen molar-refractivity contribution in [1.29, 1.82) is 0 Å². The van der Waals surface area contributed by atoms with Crippen LogP contribution in [-0.4, -0.2) is 66.5 Å². The molecule has 1 amide bonds. The minimum absolute atomic E-state index is 0. The van der Waals surface area contributed by atoms with Crippen molar-refractivity contribution < 1.29 is 4.79 Å². The zero-order valence-corrected chi connectivity index (χ0v) is 19.9. The SMILES string of the molecule is CN=C(NCCC(=O)N1CCN(c2ncccn2)CC1)NCc1ccc(C)s1.I. The molecule has 1 saturated heterocycles. The van der Waals surface area contributed by atoms with Crippen LogP contribution in [0.2, 0.25) is 0 Å². The summed E-state index contributed by atoms with van der Waals surface area (Å²) in [6.07, 6.45) is 3.93. The van der Waals surface area contributed by atoms with E-state index >= 15 is 0 Å². The Hall–Kier alpha value is -1.95. The van der Waals surface area contributed by atoms with E-state index in [-0.39, 0.29) is 29.9 Å². The molecule has 2 N–H and O–H groups in total. The van der Waals surface area contributed by atoms with Crippen LogP contribution in [-0.2, 0) is 11.3 Å². The van der Waals surface area contributed by atoms with Gasteiger partial charge in [-0.1, -0.05) is 0 Å². The minimum atomic E-state index is 0. The third kappa shape index (κ3) is 7.11. The number of piperazine rings is 1. The second kappa shape index (κ2) is 11.9. The molecule has 1 fully saturated rings. The van der Waals surface area contributed by atoms with E-state index in [0.29, 0.717) is 32.0 Å². The Labute approximate surface area is 192 Å². The second-order valence-corrected chi connectivity index (χ2v) is 7.90. The standard InChI is InChI=1S/C19H27N7OS.HI/c1-15-4-5-16(28-15)14-24-18(20-2)21-9-6-17(27)25-10-12-26(13-11-25)19-22-7-3-8-23-19;/h3-5,7-8H,6,9-14H2,1-2H3,(H2,20,21,24);1H. The molecule has 0 saturated carbocycles. The summed E-state index contributed by atoms with van der Waals surface area (Å²) in [5.41, 5.74) is 0. The first kappa shape index (κ1) is 23.3. The van der Waals surface area contributed by atoms with Gasteiger partial charge in [-0.3, -0.25) is 9.79 Å². The van der Waals surface area contributed by atoms with Crippen LogP contribution in [0.15, 0.2) is 35.6 Å². The van der Waals surface area contributed by atoms with E-state index in [1.54, 1.807) is 36.8 Å². The van der Waals surface area contributed by atoms with Gasteiger partial charge in [0.25, 0.3) is 0 Å². The number of thiophene rings is 1. The summed E-state index contributed by atoms with van der Waals surface area (Å²) in [4.78, 5) is 31.8. The summed E-state index contributed by atoms with van der Waals surface area (Å²) in [7, 11) is 1.74. The number of nitrogens with zero attached hydrogens (tertiary/aromatic N) is 5. The third-order valence-electron chi connectivity index (χ3n) is 4.55. The molecule has 158 valence electrons. The maximum atomic E-state index is 12.5. The summed E-state index contributed by atoms with van der Waals surface area (Å²) in [5, 5.41) is 6.50. The number of nitrogens with one attached hydrogen (secondary N) is 2. The second-order valence-electron chi connectivity index (χ2n) is 6.53. The largest absolute Gasteiger partial charge is 0.356 e. The molecule has 0 spiro atoms. The highest BCUT2D eigenvalue weighted by molar-refractivity contribution is 14.0. The molecule has 2 aromatic rings. The third-order valence-corrected chi connectivity index (χ3v) is 5.55. The highest BCUT2D eigenvalue weighted by atomic mass is 127.